The number of benzene rings is 1. The summed E-state index contributed by atoms with van der Waals surface area (Å²) in [6.07, 6.45) is 3.48. The minimum Gasteiger partial charge on any atom is -0.298 e. The van der Waals surface area contributed by atoms with E-state index in [4.69, 9.17) is 11.6 Å². The molecule has 0 spiro atoms. The normalized spacial score (nSPS) is 10.8. The van der Waals surface area contributed by atoms with Crippen LogP contribution in [0.1, 0.15) is 11.1 Å². The first-order valence-corrected chi connectivity index (χ1v) is 6.44. The van der Waals surface area contributed by atoms with Gasteiger partial charge in [-0.25, -0.2) is 0 Å². The van der Waals surface area contributed by atoms with Crippen LogP contribution in [0, 0.1) is 10.1 Å². The Kier molecular flexibility index (Phi) is 4.65. The molecule has 1 aromatic carbocycles. The molecular weight excluding hydrogens is 278 g/mol. The maximum absolute atomic E-state index is 10.8. The highest BCUT2D eigenvalue weighted by molar-refractivity contribution is 6.31. The predicted octanol–water partition coefficient (Wildman–Crippen LogP) is 3.28. The lowest BCUT2D eigenvalue weighted by Crippen LogP contribution is -2.17. The average molecular weight is 292 g/mol. The maximum Gasteiger partial charge on any atom is 0.269 e. The summed E-state index contributed by atoms with van der Waals surface area (Å²) >= 11 is 6.09. The first kappa shape index (κ1) is 14.4. The van der Waals surface area contributed by atoms with Crippen LogP contribution >= 0.6 is 11.6 Å². The number of halogens is 1. The van der Waals surface area contributed by atoms with E-state index in [1.807, 2.05) is 24.1 Å². The molecule has 0 unspecified atom stereocenters. The fourth-order valence-electron chi connectivity index (χ4n) is 1.94. The topological polar surface area (TPSA) is 59.3 Å². The number of hydrogen-bond donors (Lipinski definition) is 0. The van der Waals surface area contributed by atoms with Gasteiger partial charge in [0.1, 0.15) is 0 Å². The molecule has 20 heavy (non-hydrogen) atoms. The molecule has 0 saturated heterocycles. The van der Waals surface area contributed by atoms with Crippen LogP contribution in [0.2, 0.25) is 5.02 Å². The Labute approximate surface area is 122 Å². The van der Waals surface area contributed by atoms with Gasteiger partial charge in [0.25, 0.3) is 5.69 Å². The molecular formula is C14H14ClN3O2. The molecule has 0 fully saturated rings. The molecule has 0 bridgehead atoms. The van der Waals surface area contributed by atoms with Crippen molar-refractivity contribution in [3.05, 3.63) is 69.0 Å². The van der Waals surface area contributed by atoms with E-state index in [9.17, 15) is 10.1 Å². The zero-order chi connectivity index (χ0) is 14.5. The molecule has 104 valence electrons. The molecule has 0 atom stereocenters. The summed E-state index contributed by atoms with van der Waals surface area (Å²) in [5, 5.41) is 11.3. The molecule has 1 heterocycles. The van der Waals surface area contributed by atoms with Crippen LogP contribution in [-0.4, -0.2) is 21.9 Å². The zero-order valence-corrected chi connectivity index (χ0v) is 11.7. The minimum atomic E-state index is -0.414. The number of rotatable bonds is 5. The van der Waals surface area contributed by atoms with Gasteiger partial charge in [-0.05, 0) is 36.4 Å². The van der Waals surface area contributed by atoms with Crippen molar-refractivity contribution in [3.63, 3.8) is 0 Å². The molecule has 2 rings (SSSR count). The number of aromatic nitrogens is 1. The molecule has 0 radical (unpaired) electrons. The van der Waals surface area contributed by atoms with Gasteiger partial charge in [-0.1, -0.05) is 11.6 Å². The van der Waals surface area contributed by atoms with Crippen LogP contribution in [0.25, 0.3) is 0 Å². The molecule has 5 nitrogen and oxygen atoms in total. The number of nitro benzene ring substituents is 1. The van der Waals surface area contributed by atoms with Gasteiger partial charge in [0.15, 0.2) is 0 Å². The Bertz CT molecular complexity index is 605. The number of nitro groups is 1. The van der Waals surface area contributed by atoms with Crippen molar-refractivity contribution < 1.29 is 4.92 Å². The van der Waals surface area contributed by atoms with Crippen molar-refractivity contribution in [2.45, 2.75) is 13.1 Å². The third-order valence-corrected chi connectivity index (χ3v) is 3.25. The van der Waals surface area contributed by atoms with Gasteiger partial charge >= 0.3 is 0 Å². The molecule has 0 N–H and O–H groups in total. The van der Waals surface area contributed by atoms with E-state index in [2.05, 4.69) is 4.98 Å². The standard InChI is InChI=1S/C14H14ClN3O2/c1-17(9-11-4-6-16-7-5-11)10-12-8-13(18(19)20)2-3-14(12)15/h2-8H,9-10H2,1H3. The van der Waals surface area contributed by atoms with Crippen LogP contribution in [0.5, 0.6) is 0 Å². The lowest BCUT2D eigenvalue weighted by molar-refractivity contribution is -0.384. The summed E-state index contributed by atoms with van der Waals surface area (Å²) in [5.41, 5.74) is 1.93. The fourth-order valence-corrected chi connectivity index (χ4v) is 2.12. The van der Waals surface area contributed by atoms with Crippen LogP contribution in [-0.2, 0) is 13.1 Å². The van der Waals surface area contributed by atoms with Crippen LogP contribution in [0.3, 0.4) is 0 Å². The average Bonchev–Trinajstić information content (AvgIpc) is 2.42. The fraction of sp³-hybridized carbons (Fsp3) is 0.214. The molecule has 0 aliphatic carbocycles. The number of hydrogen-bond acceptors (Lipinski definition) is 4. The summed E-state index contributed by atoms with van der Waals surface area (Å²) in [6, 6.07) is 8.37. The third kappa shape index (κ3) is 3.76. The summed E-state index contributed by atoms with van der Waals surface area (Å²) in [4.78, 5) is 16.4. The van der Waals surface area contributed by atoms with Gasteiger partial charge in [0.05, 0.1) is 4.92 Å². The number of non-ortho nitro benzene ring substituents is 1. The van der Waals surface area contributed by atoms with Gasteiger partial charge < -0.3 is 0 Å². The van der Waals surface area contributed by atoms with E-state index in [1.165, 1.54) is 12.1 Å². The first-order chi connectivity index (χ1) is 9.56. The molecule has 1 aromatic heterocycles. The Morgan fingerprint density at radius 1 is 1.25 bits per heavy atom. The van der Waals surface area contributed by atoms with E-state index >= 15 is 0 Å². The Morgan fingerprint density at radius 2 is 1.95 bits per heavy atom. The van der Waals surface area contributed by atoms with E-state index in [1.54, 1.807) is 18.5 Å². The van der Waals surface area contributed by atoms with Gasteiger partial charge in [-0.2, -0.15) is 0 Å². The molecule has 0 aliphatic rings. The van der Waals surface area contributed by atoms with Crippen LogP contribution in [0.15, 0.2) is 42.7 Å². The summed E-state index contributed by atoms with van der Waals surface area (Å²) in [7, 11) is 1.94. The molecule has 6 heteroatoms. The Balaban J connectivity index is 2.09. The lowest BCUT2D eigenvalue weighted by Gasteiger charge is -2.17. The van der Waals surface area contributed by atoms with Crippen molar-refractivity contribution in [3.8, 4) is 0 Å². The van der Waals surface area contributed by atoms with Crippen LogP contribution in [0.4, 0.5) is 5.69 Å². The van der Waals surface area contributed by atoms with Gasteiger partial charge in [-0.3, -0.25) is 20.0 Å². The van der Waals surface area contributed by atoms with E-state index in [0.29, 0.717) is 11.6 Å². The monoisotopic (exact) mass is 291 g/mol. The third-order valence-electron chi connectivity index (χ3n) is 2.88. The highest BCUT2D eigenvalue weighted by Crippen LogP contribution is 2.23. The van der Waals surface area contributed by atoms with Crippen LogP contribution < -0.4 is 0 Å². The first-order valence-electron chi connectivity index (χ1n) is 6.06. The van der Waals surface area contributed by atoms with Crippen molar-refractivity contribution in [1.29, 1.82) is 0 Å². The molecule has 0 amide bonds. The Hall–Kier alpha value is -1.98. The van der Waals surface area contributed by atoms with Crippen molar-refractivity contribution in [2.75, 3.05) is 7.05 Å². The SMILES string of the molecule is CN(Cc1ccncc1)Cc1cc([N+](=O)[O-])ccc1Cl. The number of pyridine rings is 1. The van der Waals surface area contributed by atoms with Crippen molar-refractivity contribution >= 4 is 17.3 Å². The highest BCUT2D eigenvalue weighted by Gasteiger charge is 2.11. The Morgan fingerprint density at radius 3 is 2.60 bits per heavy atom. The smallest absolute Gasteiger partial charge is 0.269 e. The summed E-state index contributed by atoms with van der Waals surface area (Å²) in [5.74, 6) is 0. The molecule has 0 aliphatic heterocycles. The van der Waals surface area contributed by atoms with E-state index < -0.39 is 4.92 Å². The van der Waals surface area contributed by atoms with Crippen molar-refractivity contribution in [2.24, 2.45) is 0 Å². The van der Waals surface area contributed by atoms with Gasteiger partial charge in [0.2, 0.25) is 0 Å². The second-order valence-electron chi connectivity index (χ2n) is 4.56. The molecule has 2 aromatic rings. The van der Waals surface area contributed by atoms with Gasteiger partial charge in [-0.15, -0.1) is 0 Å². The predicted molar refractivity (Wildman–Crippen MR) is 77.5 cm³/mol. The largest absolute Gasteiger partial charge is 0.298 e. The minimum absolute atomic E-state index is 0.0571. The second kappa shape index (κ2) is 6.45. The van der Waals surface area contributed by atoms with E-state index in [-0.39, 0.29) is 5.69 Å². The highest BCUT2D eigenvalue weighted by atomic mass is 35.5. The summed E-state index contributed by atoms with van der Waals surface area (Å²) in [6.45, 7) is 1.27. The summed E-state index contributed by atoms with van der Waals surface area (Å²) < 4.78 is 0. The maximum atomic E-state index is 10.8. The molecule has 0 saturated carbocycles. The quantitative estimate of drug-likeness (QED) is 0.626. The van der Waals surface area contributed by atoms with Crippen molar-refractivity contribution in [1.82, 2.24) is 9.88 Å². The second-order valence-corrected chi connectivity index (χ2v) is 4.97. The lowest BCUT2D eigenvalue weighted by atomic mass is 10.1. The zero-order valence-electron chi connectivity index (χ0n) is 11.0. The number of nitrogens with zero attached hydrogens (tertiary/aromatic N) is 3. The van der Waals surface area contributed by atoms with E-state index in [0.717, 1.165) is 17.7 Å². The van der Waals surface area contributed by atoms with Gasteiger partial charge in [0, 0.05) is 42.6 Å².